The smallest absolute Gasteiger partial charge is 0.150 e. The first-order chi connectivity index (χ1) is 8.50. The van der Waals surface area contributed by atoms with E-state index in [1.807, 2.05) is 7.05 Å². The zero-order chi connectivity index (χ0) is 13.2. The van der Waals surface area contributed by atoms with E-state index in [9.17, 15) is 8.42 Å². The lowest BCUT2D eigenvalue weighted by Crippen LogP contribution is -2.48. The zero-order valence-electron chi connectivity index (χ0n) is 11.6. The fourth-order valence-electron chi connectivity index (χ4n) is 3.39. The Morgan fingerprint density at radius 3 is 2.33 bits per heavy atom. The van der Waals surface area contributed by atoms with Crippen LogP contribution in [0.5, 0.6) is 0 Å². The van der Waals surface area contributed by atoms with E-state index in [4.69, 9.17) is 0 Å². The van der Waals surface area contributed by atoms with Crippen LogP contribution in [-0.4, -0.2) is 57.0 Å². The maximum Gasteiger partial charge on any atom is 0.150 e. The van der Waals surface area contributed by atoms with Gasteiger partial charge in [0.1, 0.15) is 9.84 Å². The average molecular weight is 274 g/mol. The Morgan fingerprint density at radius 2 is 1.78 bits per heavy atom. The highest BCUT2D eigenvalue weighted by Crippen LogP contribution is 2.29. The van der Waals surface area contributed by atoms with Gasteiger partial charge in [-0.2, -0.15) is 0 Å². The largest absolute Gasteiger partial charge is 0.317 e. The molecule has 18 heavy (non-hydrogen) atoms. The van der Waals surface area contributed by atoms with Crippen molar-refractivity contribution in [1.82, 2.24) is 10.2 Å². The van der Waals surface area contributed by atoms with Crippen LogP contribution in [0.15, 0.2) is 0 Å². The Bertz CT molecular complexity index is 361. The molecule has 1 heterocycles. The van der Waals surface area contributed by atoms with E-state index < -0.39 is 9.84 Å². The van der Waals surface area contributed by atoms with Crippen LogP contribution in [0, 0.1) is 0 Å². The standard InChI is InChI=1S/C13H26N2O2S/c1-14-11-6-8-15(9-7-11)12-4-3-5-13(10-12)18(2,16)17/h11-14H,3-10H2,1-2H3. The van der Waals surface area contributed by atoms with Crippen molar-refractivity contribution in [3.63, 3.8) is 0 Å². The molecule has 0 aromatic rings. The molecule has 0 amide bonds. The molecule has 2 unspecified atom stereocenters. The van der Waals surface area contributed by atoms with E-state index in [2.05, 4.69) is 10.2 Å². The van der Waals surface area contributed by atoms with Crippen LogP contribution in [-0.2, 0) is 9.84 Å². The summed E-state index contributed by atoms with van der Waals surface area (Å²) < 4.78 is 23.4. The van der Waals surface area contributed by atoms with Gasteiger partial charge in [0.2, 0.25) is 0 Å². The summed E-state index contributed by atoms with van der Waals surface area (Å²) in [6.45, 7) is 2.24. The lowest BCUT2D eigenvalue weighted by Gasteiger charge is -2.40. The summed E-state index contributed by atoms with van der Waals surface area (Å²) >= 11 is 0. The van der Waals surface area contributed by atoms with E-state index in [1.165, 1.54) is 25.5 Å². The van der Waals surface area contributed by atoms with Crippen LogP contribution in [0.2, 0.25) is 0 Å². The summed E-state index contributed by atoms with van der Waals surface area (Å²) in [7, 11) is -0.824. The third kappa shape index (κ3) is 3.45. The number of nitrogens with one attached hydrogen (secondary N) is 1. The van der Waals surface area contributed by atoms with Gasteiger partial charge in [0.15, 0.2) is 0 Å². The molecule has 0 bridgehead atoms. The maximum atomic E-state index is 11.7. The van der Waals surface area contributed by atoms with Gasteiger partial charge in [-0.1, -0.05) is 6.42 Å². The minimum atomic E-state index is -2.85. The van der Waals surface area contributed by atoms with Crippen LogP contribution in [0.25, 0.3) is 0 Å². The normalized spacial score (nSPS) is 32.6. The summed E-state index contributed by atoms with van der Waals surface area (Å²) in [6.07, 6.45) is 7.73. The molecule has 1 saturated carbocycles. The first kappa shape index (κ1) is 14.3. The van der Waals surface area contributed by atoms with Gasteiger partial charge < -0.3 is 10.2 Å². The second-order valence-corrected chi connectivity index (χ2v) is 8.20. The first-order valence-electron chi connectivity index (χ1n) is 7.11. The maximum absolute atomic E-state index is 11.7. The van der Waals surface area contributed by atoms with Gasteiger partial charge >= 0.3 is 0 Å². The SMILES string of the molecule is CNC1CCN(C2CCCC(S(C)(=O)=O)C2)CC1. The molecule has 106 valence electrons. The molecule has 2 atom stereocenters. The van der Waals surface area contributed by atoms with Crippen molar-refractivity contribution < 1.29 is 8.42 Å². The van der Waals surface area contributed by atoms with E-state index >= 15 is 0 Å². The van der Waals surface area contributed by atoms with E-state index in [1.54, 1.807) is 0 Å². The highest BCUT2D eigenvalue weighted by Gasteiger charge is 2.33. The van der Waals surface area contributed by atoms with Crippen molar-refractivity contribution in [2.75, 3.05) is 26.4 Å². The molecule has 4 nitrogen and oxygen atoms in total. The number of piperidine rings is 1. The second-order valence-electron chi connectivity index (χ2n) is 5.87. The molecular weight excluding hydrogens is 248 g/mol. The number of nitrogens with zero attached hydrogens (tertiary/aromatic N) is 1. The van der Waals surface area contributed by atoms with Crippen molar-refractivity contribution in [2.45, 2.75) is 55.9 Å². The fourth-order valence-corrected chi connectivity index (χ4v) is 4.56. The van der Waals surface area contributed by atoms with E-state index in [0.29, 0.717) is 12.1 Å². The Hall–Kier alpha value is -0.130. The fraction of sp³-hybridized carbons (Fsp3) is 1.00. The Labute approximate surface area is 111 Å². The van der Waals surface area contributed by atoms with Gasteiger partial charge in [-0.15, -0.1) is 0 Å². The molecule has 2 aliphatic rings. The van der Waals surface area contributed by atoms with Crippen molar-refractivity contribution in [3.05, 3.63) is 0 Å². The van der Waals surface area contributed by atoms with Crippen LogP contribution in [0.3, 0.4) is 0 Å². The number of hydrogen-bond acceptors (Lipinski definition) is 4. The van der Waals surface area contributed by atoms with Crippen LogP contribution >= 0.6 is 0 Å². The quantitative estimate of drug-likeness (QED) is 0.835. The Kier molecular flexibility index (Phi) is 4.67. The molecule has 1 N–H and O–H groups in total. The number of sulfone groups is 1. The summed E-state index contributed by atoms with van der Waals surface area (Å²) in [4.78, 5) is 2.52. The molecule has 0 aromatic heterocycles. The zero-order valence-corrected chi connectivity index (χ0v) is 12.4. The molecule has 0 radical (unpaired) electrons. The van der Waals surface area contributed by atoms with Crippen molar-refractivity contribution in [3.8, 4) is 0 Å². The Balaban J connectivity index is 1.90. The minimum Gasteiger partial charge on any atom is -0.317 e. The molecule has 0 spiro atoms. The molecular formula is C13H26N2O2S. The molecule has 2 fully saturated rings. The third-order valence-corrected chi connectivity index (χ3v) is 6.30. The molecule has 1 aliphatic carbocycles. The third-order valence-electron chi connectivity index (χ3n) is 4.66. The summed E-state index contributed by atoms with van der Waals surface area (Å²) in [5, 5.41) is 3.24. The molecule has 5 heteroatoms. The van der Waals surface area contributed by atoms with Crippen molar-refractivity contribution in [1.29, 1.82) is 0 Å². The first-order valence-corrected chi connectivity index (χ1v) is 9.06. The van der Waals surface area contributed by atoms with Crippen LogP contribution < -0.4 is 5.32 Å². The number of likely N-dealkylation sites (tertiary alicyclic amines) is 1. The number of rotatable bonds is 3. The van der Waals surface area contributed by atoms with Gasteiger partial charge in [-0.25, -0.2) is 8.42 Å². The number of hydrogen-bond donors (Lipinski definition) is 1. The monoisotopic (exact) mass is 274 g/mol. The molecule has 2 rings (SSSR count). The van der Waals surface area contributed by atoms with Crippen LogP contribution in [0.4, 0.5) is 0 Å². The Morgan fingerprint density at radius 1 is 1.11 bits per heavy atom. The van der Waals surface area contributed by atoms with Gasteiger partial charge in [0, 0.05) is 18.3 Å². The second kappa shape index (κ2) is 5.88. The van der Waals surface area contributed by atoms with Gasteiger partial charge in [0.25, 0.3) is 0 Å². The predicted molar refractivity (Wildman–Crippen MR) is 74.5 cm³/mol. The lowest BCUT2D eigenvalue weighted by atomic mass is 9.91. The van der Waals surface area contributed by atoms with E-state index in [0.717, 1.165) is 32.4 Å². The van der Waals surface area contributed by atoms with Gasteiger partial charge in [-0.3, -0.25) is 0 Å². The average Bonchev–Trinajstić information content (AvgIpc) is 2.38. The topological polar surface area (TPSA) is 49.4 Å². The lowest BCUT2D eigenvalue weighted by molar-refractivity contribution is 0.118. The minimum absolute atomic E-state index is 0.0988. The van der Waals surface area contributed by atoms with Gasteiger partial charge in [-0.05, 0) is 52.2 Å². The van der Waals surface area contributed by atoms with E-state index in [-0.39, 0.29) is 5.25 Å². The molecule has 1 aliphatic heterocycles. The molecule has 0 aromatic carbocycles. The van der Waals surface area contributed by atoms with Crippen LogP contribution in [0.1, 0.15) is 38.5 Å². The predicted octanol–water partition coefficient (Wildman–Crippen LogP) is 1.03. The highest BCUT2D eigenvalue weighted by atomic mass is 32.2. The van der Waals surface area contributed by atoms with Gasteiger partial charge in [0.05, 0.1) is 5.25 Å². The summed E-state index contributed by atoms with van der Waals surface area (Å²) in [5.41, 5.74) is 0. The van der Waals surface area contributed by atoms with Crippen molar-refractivity contribution in [2.24, 2.45) is 0 Å². The summed E-state index contributed by atoms with van der Waals surface area (Å²) in [5.74, 6) is 0. The highest BCUT2D eigenvalue weighted by molar-refractivity contribution is 7.91. The summed E-state index contributed by atoms with van der Waals surface area (Å²) in [6, 6.07) is 1.15. The molecule has 1 saturated heterocycles. The van der Waals surface area contributed by atoms with Crippen molar-refractivity contribution >= 4 is 9.84 Å².